The van der Waals surface area contributed by atoms with Crippen LogP contribution in [0.25, 0.3) is 0 Å². The van der Waals surface area contributed by atoms with E-state index in [1.165, 1.54) is 5.56 Å². The molecule has 4 nitrogen and oxygen atoms in total. The zero-order valence-electron chi connectivity index (χ0n) is 12.2. The van der Waals surface area contributed by atoms with E-state index in [0.29, 0.717) is 12.2 Å². The summed E-state index contributed by atoms with van der Waals surface area (Å²) in [6, 6.07) is 13.4. The molecule has 0 saturated heterocycles. The molecule has 2 aromatic rings. The maximum absolute atomic E-state index is 8.73. The van der Waals surface area contributed by atoms with Crippen molar-refractivity contribution in [2.24, 2.45) is 0 Å². The second kappa shape index (κ2) is 8.03. The quantitative estimate of drug-likeness (QED) is 0.782. The smallest absolute Gasteiger partial charge is 0.119 e. The van der Waals surface area contributed by atoms with Crippen LogP contribution < -0.4 is 4.74 Å². The molecule has 0 amide bonds. The topological polar surface area (TPSA) is 49.1 Å². The number of rotatable bonds is 7. The van der Waals surface area contributed by atoms with Gasteiger partial charge in [0, 0.05) is 25.5 Å². The lowest BCUT2D eigenvalue weighted by atomic mass is 10.2. The summed E-state index contributed by atoms with van der Waals surface area (Å²) in [5.74, 6) is 0.802. The molecule has 0 fully saturated rings. The average molecular weight is 281 g/mol. The molecule has 0 spiro atoms. The lowest BCUT2D eigenvalue weighted by molar-refractivity contribution is 0.239. The Kier molecular flexibility index (Phi) is 5.74. The summed E-state index contributed by atoms with van der Waals surface area (Å²) >= 11 is 0. The Hall–Kier alpha value is -2.38. The molecule has 0 radical (unpaired) electrons. The molecule has 4 heteroatoms. The van der Waals surface area contributed by atoms with E-state index in [-0.39, 0.29) is 0 Å². The largest absolute Gasteiger partial charge is 0.492 e. The minimum absolute atomic E-state index is 0.638. The van der Waals surface area contributed by atoms with Crippen LogP contribution in [0.2, 0.25) is 0 Å². The number of likely N-dealkylation sites (N-methyl/N-ethyl adjacent to an activating group) is 1. The molecular formula is C17H19N3O. The third kappa shape index (κ3) is 5.25. The van der Waals surface area contributed by atoms with E-state index in [1.807, 2.05) is 36.7 Å². The van der Waals surface area contributed by atoms with Crippen LogP contribution in [0, 0.1) is 11.3 Å². The fourth-order valence-corrected chi connectivity index (χ4v) is 1.93. The van der Waals surface area contributed by atoms with Gasteiger partial charge in [0.2, 0.25) is 0 Å². The van der Waals surface area contributed by atoms with Crippen molar-refractivity contribution in [1.82, 2.24) is 9.88 Å². The van der Waals surface area contributed by atoms with Gasteiger partial charge in [-0.2, -0.15) is 5.26 Å². The molecule has 108 valence electrons. The number of aromatic nitrogens is 1. The number of hydrogen-bond donors (Lipinski definition) is 0. The SMILES string of the molecule is CN(CCOc1ccc(C#N)cc1)CCc1ccncc1. The molecule has 0 aliphatic heterocycles. The second-order valence-electron chi connectivity index (χ2n) is 4.89. The highest BCUT2D eigenvalue weighted by atomic mass is 16.5. The van der Waals surface area contributed by atoms with Gasteiger partial charge in [-0.05, 0) is 55.4 Å². The lowest BCUT2D eigenvalue weighted by Gasteiger charge is -2.16. The maximum Gasteiger partial charge on any atom is 0.119 e. The molecule has 21 heavy (non-hydrogen) atoms. The fraction of sp³-hybridized carbons (Fsp3) is 0.294. The molecule has 0 saturated carbocycles. The Morgan fingerprint density at radius 2 is 1.81 bits per heavy atom. The van der Waals surface area contributed by atoms with Crippen molar-refractivity contribution >= 4 is 0 Å². The van der Waals surface area contributed by atoms with Crippen molar-refractivity contribution in [2.45, 2.75) is 6.42 Å². The standard InChI is InChI=1S/C17H19N3O/c1-20(11-8-15-6-9-19-10-7-15)12-13-21-17-4-2-16(14-18)3-5-17/h2-7,9-10H,8,11-13H2,1H3. The molecule has 1 aromatic heterocycles. The summed E-state index contributed by atoms with van der Waals surface area (Å²) in [6.45, 7) is 2.49. The summed E-state index contributed by atoms with van der Waals surface area (Å²) in [5, 5.41) is 8.73. The number of ether oxygens (including phenoxy) is 1. The number of nitriles is 1. The molecule has 0 bridgehead atoms. The molecule has 0 aliphatic carbocycles. The van der Waals surface area contributed by atoms with Gasteiger partial charge in [0.1, 0.15) is 12.4 Å². The number of nitrogens with zero attached hydrogens (tertiary/aromatic N) is 3. The average Bonchev–Trinajstić information content (AvgIpc) is 2.54. The first-order valence-electron chi connectivity index (χ1n) is 6.98. The lowest BCUT2D eigenvalue weighted by Crippen LogP contribution is -2.26. The number of pyridine rings is 1. The van der Waals surface area contributed by atoms with Crippen LogP contribution in [0.3, 0.4) is 0 Å². The van der Waals surface area contributed by atoms with Gasteiger partial charge < -0.3 is 9.64 Å². The predicted molar refractivity (Wildman–Crippen MR) is 82.1 cm³/mol. The Morgan fingerprint density at radius 1 is 1.10 bits per heavy atom. The van der Waals surface area contributed by atoms with Gasteiger partial charge in [-0.3, -0.25) is 4.98 Å². The Bertz CT molecular complexity index is 575. The highest BCUT2D eigenvalue weighted by Crippen LogP contribution is 2.11. The third-order valence-corrected chi connectivity index (χ3v) is 3.26. The van der Waals surface area contributed by atoms with E-state index in [4.69, 9.17) is 10.00 Å². The maximum atomic E-state index is 8.73. The number of benzene rings is 1. The van der Waals surface area contributed by atoms with Crippen LogP contribution >= 0.6 is 0 Å². The van der Waals surface area contributed by atoms with Gasteiger partial charge in [-0.15, -0.1) is 0 Å². The Labute approximate surface area is 125 Å². The second-order valence-corrected chi connectivity index (χ2v) is 4.89. The zero-order chi connectivity index (χ0) is 14.9. The highest BCUT2D eigenvalue weighted by Gasteiger charge is 2.00. The van der Waals surface area contributed by atoms with Crippen molar-refractivity contribution in [3.63, 3.8) is 0 Å². The summed E-state index contributed by atoms with van der Waals surface area (Å²) in [5.41, 5.74) is 1.95. The van der Waals surface area contributed by atoms with Crippen LogP contribution in [0.15, 0.2) is 48.8 Å². The normalized spacial score (nSPS) is 10.3. The van der Waals surface area contributed by atoms with Crippen molar-refractivity contribution in [3.8, 4) is 11.8 Å². The minimum Gasteiger partial charge on any atom is -0.492 e. The molecule has 1 aromatic carbocycles. The van der Waals surface area contributed by atoms with E-state index in [0.717, 1.165) is 25.3 Å². The Balaban J connectivity index is 1.67. The molecule has 2 rings (SSSR count). The van der Waals surface area contributed by atoms with Gasteiger partial charge in [-0.25, -0.2) is 0 Å². The van der Waals surface area contributed by atoms with Crippen LogP contribution in [-0.4, -0.2) is 36.6 Å². The predicted octanol–water partition coefficient (Wildman–Crippen LogP) is 2.51. The van der Waals surface area contributed by atoms with Crippen molar-refractivity contribution in [1.29, 1.82) is 5.26 Å². The molecule has 0 aliphatic rings. The molecule has 0 N–H and O–H groups in total. The van der Waals surface area contributed by atoms with Gasteiger partial charge in [0.05, 0.1) is 11.6 Å². The van der Waals surface area contributed by atoms with Crippen LogP contribution in [-0.2, 0) is 6.42 Å². The van der Waals surface area contributed by atoms with Crippen molar-refractivity contribution in [2.75, 3.05) is 26.7 Å². The van der Waals surface area contributed by atoms with Crippen molar-refractivity contribution in [3.05, 3.63) is 59.9 Å². The summed E-state index contributed by atoms with van der Waals surface area (Å²) in [4.78, 5) is 6.25. The van der Waals surface area contributed by atoms with Gasteiger partial charge in [-0.1, -0.05) is 0 Å². The molecule has 0 atom stereocenters. The van der Waals surface area contributed by atoms with E-state index in [2.05, 4.69) is 23.0 Å². The first-order valence-corrected chi connectivity index (χ1v) is 6.98. The first-order chi connectivity index (χ1) is 10.3. The van der Waals surface area contributed by atoms with E-state index in [1.54, 1.807) is 12.1 Å². The molecule has 1 heterocycles. The molecular weight excluding hydrogens is 262 g/mol. The fourth-order valence-electron chi connectivity index (χ4n) is 1.93. The van der Waals surface area contributed by atoms with E-state index >= 15 is 0 Å². The van der Waals surface area contributed by atoms with Crippen molar-refractivity contribution < 1.29 is 4.74 Å². The Morgan fingerprint density at radius 3 is 2.48 bits per heavy atom. The van der Waals surface area contributed by atoms with Gasteiger partial charge >= 0.3 is 0 Å². The van der Waals surface area contributed by atoms with Crippen LogP contribution in [0.5, 0.6) is 5.75 Å². The zero-order valence-corrected chi connectivity index (χ0v) is 12.2. The van der Waals surface area contributed by atoms with E-state index in [9.17, 15) is 0 Å². The van der Waals surface area contributed by atoms with E-state index < -0.39 is 0 Å². The first kappa shape index (κ1) is 15.0. The molecule has 0 unspecified atom stereocenters. The minimum atomic E-state index is 0.638. The van der Waals surface area contributed by atoms with Gasteiger partial charge in [0.25, 0.3) is 0 Å². The summed E-state index contributed by atoms with van der Waals surface area (Å²) in [6.07, 6.45) is 4.66. The monoisotopic (exact) mass is 281 g/mol. The van der Waals surface area contributed by atoms with Gasteiger partial charge in [0.15, 0.2) is 0 Å². The van der Waals surface area contributed by atoms with Crippen LogP contribution in [0.4, 0.5) is 0 Å². The highest BCUT2D eigenvalue weighted by molar-refractivity contribution is 5.34. The van der Waals surface area contributed by atoms with Crippen LogP contribution in [0.1, 0.15) is 11.1 Å². The summed E-state index contributed by atoms with van der Waals surface area (Å²) < 4.78 is 5.67. The number of hydrogen-bond acceptors (Lipinski definition) is 4. The summed E-state index contributed by atoms with van der Waals surface area (Å²) in [7, 11) is 2.09. The third-order valence-electron chi connectivity index (χ3n) is 3.26.